The van der Waals surface area contributed by atoms with Crippen molar-refractivity contribution in [2.24, 2.45) is 4.99 Å². The van der Waals surface area contributed by atoms with Crippen molar-refractivity contribution in [2.45, 2.75) is 17.2 Å². The van der Waals surface area contributed by atoms with Crippen molar-refractivity contribution < 1.29 is 17.5 Å². The summed E-state index contributed by atoms with van der Waals surface area (Å²) in [5, 5.41) is 7.80. The number of sulfonamides is 1. The smallest absolute Gasteiger partial charge is 0.250 e. The third kappa shape index (κ3) is 7.16. The van der Waals surface area contributed by atoms with E-state index in [1.165, 1.54) is 23.5 Å². The molecule has 0 saturated carbocycles. The lowest BCUT2D eigenvalue weighted by molar-refractivity contribution is 0.223. The molecular weight excluding hydrogens is 391 g/mol. The van der Waals surface area contributed by atoms with Gasteiger partial charge >= 0.3 is 0 Å². The summed E-state index contributed by atoms with van der Waals surface area (Å²) in [6, 6.07) is 9.20. The fourth-order valence-electron chi connectivity index (χ4n) is 2.13. The Kier molecular flexibility index (Phi) is 8.01. The largest absolute Gasteiger partial charge is 0.489 e. The third-order valence-electron chi connectivity index (χ3n) is 3.38. The van der Waals surface area contributed by atoms with Gasteiger partial charge in [-0.25, -0.2) is 17.5 Å². The lowest BCUT2D eigenvalue weighted by Crippen LogP contribution is -2.44. The number of guanidine groups is 1. The Morgan fingerprint density at radius 2 is 2.07 bits per heavy atom. The molecule has 3 N–H and O–H groups in total. The van der Waals surface area contributed by atoms with Gasteiger partial charge in [0, 0.05) is 26.2 Å². The van der Waals surface area contributed by atoms with E-state index >= 15 is 0 Å². The van der Waals surface area contributed by atoms with E-state index in [2.05, 4.69) is 20.3 Å². The van der Waals surface area contributed by atoms with Crippen LogP contribution in [0.5, 0.6) is 5.75 Å². The maximum atomic E-state index is 13.2. The number of rotatable bonds is 9. The van der Waals surface area contributed by atoms with E-state index in [-0.39, 0.29) is 22.7 Å². The lowest BCUT2D eigenvalue weighted by atomic mass is 10.3. The van der Waals surface area contributed by atoms with E-state index < -0.39 is 10.0 Å². The van der Waals surface area contributed by atoms with Crippen LogP contribution in [0.3, 0.4) is 0 Å². The van der Waals surface area contributed by atoms with Crippen molar-refractivity contribution >= 4 is 27.3 Å². The zero-order valence-corrected chi connectivity index (χ0v) is 16.7. The molecule has 2 rings (SSSR count). The average Bonchev–Trinajstić information content (AvgIpc) is 3.17. The van der Waals surface area contributed by atoms with E-state index in [0.29, 0.717) is 24.8 Å². The summed E-state index contributed by atoms with van der Waals surface area (Å²) in [4.78, 5) is 4.07. The topological polar surface area (TPSA) is 91.8 Å². The molecule has 0 spiro atoms. The highest BCUT2D eigenvalue weighted by atomic mass is 32.2. The first-order valence-corrected chi connectivity index (χ1v) is 10.7. The molecule has 0 aliphatic heterocycles. The summed E-state index contributed by atoms with van der Waals surface area (Å²) >= 11 is 1.17. The van der Waals surface area contributed by atoms with Crippen molar-refractivity contribution in [3.05, 3.63) is 47.6 Å². The Morgan fingerprint density at radius 1 is 1.26 bits per heavy atom. The summed E-state index contributed by atoms with van der Waals surface area (Å²) in [6.07, 6.45) is -0.220. The molecule has 2 aromatic rings. The number of benzene rings is 1. The van der Waals surface area contributed by atoms with Crippen LogP contribution >= 0.6 is 11.3 Å². The molecule has 10 heteroatoms. The second-order valence-corrected chi connectivity index (χ2v) is 8.54. The van der Waals surface area contributed by atoms with Gasteiger partial charge in [0.25, 0.3) is 0 Å². The molecule has 0 saturated heterocycles. The molecule has 0 bridgehead atoms. The molecule has 0 amide bonds. The van der Waals surface area contributed by atoms with Crippen LogP contribution in [0.4, 0.5) is 4.39 Å². The molecule has 0 aliphatic rings. The standard InChI is InChI=1S/C17H23FN4O3S2/c1-13(25-15-6-3-5-14(18)11-15)12-21-17(19-2)20-8-9-22-27(23,24)16-7-4-10-26-16/h3-7,10-11,13,22H,8-9,12H2,1-2H3,(H2,19,20,21). The first kappa shape index (κ1) is 21.1. The van der Waals surface area contributed by atoms with Crippen LogP contribution < -0.4 is 20.1 Å². The highest BCUT2D eigenvalue weighted by Gasteiger charge is 2.14. The van der Waals surface area contributed by atoms with Crippen LogP contribution in [0.15, 0.2) is 51.0 Å². The van der Waals surface area contributed by atoms with Gasteiger partial charge in [0.15, 0.2) is 5.96 Å². The van der Waals surface area contributed by atoms with Crippen LogP contribution in [-0.4, -0.2) is 47.2 Å². The monoisotopic (exact) mass is 414 g/mol. The minimum absolute atomic E-state index is 0.219. The molecule has 0 aliphatic carbocycles. The summed E-state index contributed by atoms with van der Waals surface area (Å²) < 4.78 is 45.6. The van der Waals surface area contributed by atoms with Crippen LogP contribution in [0.25, 0.3) is 0 Å². The average molecular weight is 415 g/mol. The van der Waals surface area contributed by atoms with Gasteiger partial charge in [-0.05, 0) is 30.5 Å². The highest BCUT2D eigenvalue weighted by molar-refractivity contribution is 7.91. The first-order chi connectivity index (χ1) is 12.9. The van der Waals surface area contributed by atoms with Crippen molar-refractivity contribution in [3.63, 3.8) is 0 Å². The molecule has 1 aromatic carbocycles. The fourth-order valence-corrected chi connectivity index (χ4v) is 4.20. The zero-order chi connectivity index (χ0) is 19.7. The number of hydrogen-bond donors (Lipinski definition) is 3. The lowest BCUT2D eigenvalue weighted by Gasteiger charge is -2.18. The summed E-state index contributed by atoms with van der Waals surface area (Å²) in [7, 11) is -1.85. The molecular formula is C17H23FN4O3S2. The Morgan fingerprint density at radius 3 is 2.74 bits per heavy atom. The summed E-state index contributed by atoms with van der Waals surface area (Å²) in [5.74, 6) is 0.616. The number of thiophene rings is 1. The molecule has 1 atom stereocenters. The molecule has 27 heavy (non-hydrogen) atoms. The molecule has 1 aromatic heterocycles. The van der Waals surface area contributed by atoms with Crippen LogP contribution in [-0.2, 0) is 10.0 Å². The van der Waals surface area contributed by atoms with Crippen molar-refractivity contribution in [2.75, 3.05) is 26.7 Å². The normalized spacial score (nSPS) is 13.2. The van der Waals surface area contributed by atoms with Gasteiger partial charge in [-0.3, -0.25) is 4.99 Å². The van der Waals surface area contributed by atoms with Gasteiger partial charge < -0.3 is 15.4 Å². The van der Waals surface area contributed by atoms with E-state index in [0.717, 1.165) is 0 Å². The quantitative estimate of drug-likeness (QED) is 0.331. The minimum atomic E-state index is -3.47. The number of nitrogens with one attached hydrogen (secondary N) is 3. The number of halogens is 1. The molecule has 148 valence electrons. The SMILES string of the molecule is CN=C(NCCNS(=O)(=O)c1cccs1)NCC(C)Oc1cccc(F)c1. The van der Waals surface area contributed by atoms with E-state index in [9.17, 15) is 12.8 Å². The third-order valence-corrected chi connectivity index (χ3v) is 6.24. The second-order valence-electron chi connectivity index (χ2n) is 5.60. The van der Waals surface area contributed by atoms with Crippen molar-refractivity contribution in [3.8, 4) is 5.75 Å². The maximum absolute atomic E-state index is 13.2. The first-order valence-electron chi connectivity index (χ1n) is 8.30. The van der Waals surface area contributed by atoms with Crippen LogP contribution in [0.2, 0.25) is 0 Å². The predicted octanol–water partition coefficient (Wildman–Crippen LogP) is 1.80. The van der Waals surface area contributed by atoms with Gasteiger partial charge in [0.2, 0.25) is 10.0 Å². The number of aliphatic imine (C=N–C) groups is 1. The summed E-state index contributed by atoms with van der Waals surface area (Å²) in [6.45, 7) is 2.87. The number of nitrogens with zero attached hydrogens (tertiary/aromatic N) is 1. The Hall–Kier alpha value is -2.17. The van der Waals surface area contributed by atoms with Gasteiger partial charge in [0.1, 0.15) is 21.9 Å². The minimum Gasteiger partial charge on any atom is -0.489 e. The Balaban J connectivity index is 1.69. The zero-order valence-electron chi connectivity index (χ0n) is 15.1. The molecule has 0 radical (unpaired) electrons. The van der Waals surface area contributed by atoms with Gasteiger partial charge in [-0.1, -0.05) is 12.1 Å². The van der Waals surface area contributed by atoms with Crippen molar-refractivity contribution in [1.29, 1.82) is 0 Å². The van der Waals surface area contributed by atoms with Gasteiger partial charge in [-0.2, -0.15) is 0 Å². The Bertz CT molecular complexity index is 842. The van der Waals surface area contributed by atoms with Gasteiger partial charge in [-0.15, -0.1) is 11.3 Å². The summed E-state index contributed by atoms with van der Waals surface area (Å²) in [5.41, 5.74) is 0. The van der Waals surface area contributed by atoms with E-state index in [1.54, 1.807) is 36.7 Å². The molecule has 1 unspecified atom stereocenters. The van der Waals surface area contributed by atoms with Crippen LogP contribution in [0, 0.1) is 5.82 Å². The predicted molar refractivity (Wildman–Crippen MR) is 105 cm³/mol. The Labute approximate surface area is 162 Å². The number of hydrogen-bond acceptors (Lipinski definition) is 5. The molecule has 7 nitrogen and oxygen atoms in total. The van der Waals surface area contributed by atoms with E-state index in [4.69, 9.17) is 4.74 Å². The van der Waals surface area contributed by atoms with E-state index in [1.807, 2.05) is 6.92 Å². The molecule has 1 heterocycles. The van der Waals surface area contributed by atoms with Crippen molar-refractivity contribution in [1.82, 2.24) is 15.4 Å². The maximum Gasteiger partial charge on any atom is 0.250 e. The second kappa shape index (κ2) is 10.2. The van der Waals surface area contributed by atoms with Gasteiger partial charge in [0.05, 0.1) is 6.54 Å². The number of ether oxygens (including phenoxy) is 1. The fraction of sp³-hybridized carbons (Fsp3) is 0.353. The molecule has 0 fully saturated rings. The van der Waals surface area contributed by atoms with Crippen LogP contribution in [0.1, 0.15) is 6.92 Å². The highest BCUT2D eigenvalue weighted by Crippen LogP contribution is 2.15.